The molecule has 1 aliphatic rings. The van der Waals surface area contributed by atoms with Crippen molar-refractivity contribution in [3.8, 4) is 5.69 Å². The Hall–Kier alpha value is -3.35. The van der Waals surface area contributed by atoms with Crippen molar-refractivity contribution in [2.24, 2.45) is 0 Å². The number of anilines is 2. The first-order valence-electron chi connectivity index (χ1n) is 8.97. The maximum absolute atomic E-state index is 12.8. The van der Waals surface area contributed by atoms with Gasteiger partial charge in [0.2, 0.25) is 0 Å². The average molecular weight is 362 g/mol. The number of amides is 1. The minimum absolute atomic E-state index is 0.0923. The van der Waals surface area contributed by atoms with Crippen LogP contribution >= 0.6 is 0 Å². The van der Waals surface area contributed by atoms with E-state index in [0.29, 0.717) is 18.8 Å². The van der Waals surface area contributed by atoms with Crippen LogP contribution in [0.25, 0.3) is 5.69 Å². The van der Waals surface area contributed by atoms with Crippen LogP contribution in [-0.4, -0.2) is 51.8 Å². The highest BCUT2D eigenvalue weighted by molar-refractivity contribution is 5.94. The molecule has 1 aromatic heterocycles. The van der Waals surface area contributed by atoms with Crippen molar-refractivity contribution in [2.75, 3.05) is 36.8 Å². The van der Waals surface area contributed by atoms with Crippen molar-refractivity contribution in [2.45, 2.75) is 6.92 Å². The molecule has 0 aliphatic carbocycles. The molecule has 3 aromatic rings. The normalized spacial score (nSPS) is 14.4. The van der Waals surface area contributed by atoms with E-state index in [1.807, 2.05) is 58.9 Å². The fourth-order valence-electron chi connectivity index (χ4n) is 3.45. The summed E-state index contributed by atoms with van der Waals surface area (Å²) in [5.41, 5.74) is 10.5. The number of hydrogen-bond donors (Lipinski definition) is 1. The smallest absolute Gasteiger partial charge is 0.253 e. The molecule has 7 nitrogen and oxygen atoms in total. The number of benzene rings is 2. The molecule has 138 valence electrons. The number of piperazine rings is 1. The molecule has 2 aromatic carbocycles. The van der Waals surface area contributed by atoms with Crippen LogP contribution in [0, 0.1) is 6.92 Å². The third-order valence-corrected chi connectivity index (χ3v) is 4.87. The van der Waals surface area contributed by atoms with Gasteiger partial charge in [-0.2, -0.15) is 0 Å². The van der Waals surface area contributed by atoms with E-state index in [1.54, 1.807) is 12.7 Å². The number of aryl methyl sites for hydroxylation is 1. The summed E-state index contributed by atoms with van der Waals surface area (Å²) in [6.07, 6.45) is 3.32. The van der Waals surface area contributed by atoms with Gasteiger partial charge in [-0.25, -0.2) is 0 Å². The maximum Gasteiger partial charge on any atom is 0.253 e. The molecule has 0 bridgehead atoms. The largest absolute Gasteiger partial charge is 0.399 e. The minimum Gasteiger partial charge on any atom is -0.399 e. The minimum atomic E-state index is 0.0923. The van der Waals surface area contributed by atoms with Gasteiger partial charge in [-0.15, -0.1) is 10.2 Å². The van der Waals surface area contributed by atoms with Gasteiger partial charge in [0.05, 0.1) is 11.4 Å². The molecule has 1 fully saturated rings. The third-order valence-electron chi connectivity index (χ3n) is 4.87. The second-order valence-corrected chi connectivity index (χ2v) is 6.77. The van der Waals surface area contributed by atoms with Crippen LogP contribution < -0.4 is 10.6 Å². The van der Waals surface area contributed by atoms with Crippen LogP contribution in [0.1, 0.15) is 15.9 Å². The van der Waals surface area contributed by atoms with Crippen LogP contribution in [-0.2, 0) is 0 Å². The summed E-state index contributed by atoms with van der Waals surface area (Å²) < 4.78 is 1.86. The van der Waals surface area contributed by atoms with Crippen LogP contribution in [0.5, 0.6) is 0 Å². The zero-order chi connectivity index (χ0) is 18.8. The van der Waals surface area contributed by atoms with Gasteiger partial charge in [-0.3, -0.25) is 9.36 Å². The fourth-order valence-corrected chi connectivity index (χ4v) is 3.45. The molecule has 1 aliphatic heterocycles. The number of nitrogen functional groups attached to an aromatic ring is 1. The number of aromatic nitrogens is 3. The highest BCUT2D eigenvalue weighted by Gasteiger charge is 2.24. The molecule has 0 radical (unpaired) electrons. The van der Waals surface area contributed by atoms with Crippen LogP contribution in [0.15, 0.2) is 55.1 Å². The van der Waals surface area contributed by atoms with E-state index < -0.39 is 0 Å². The lowest BCUT2D eigenvalue weighted by Crippen LogP contribution is -2.49. The van der Waals surface area contributed by atoms with Gasteiger partial charge < -0.3 is 15.5 Å². The number of carbonyl (C=O) groups is 1. The second kappa shape index (κ2) is 7.11. The SMILES string of the molecule is Cc1cccc(C(=O)N2CCN(c3ccc(N)cc3-n3cnnc3)CC2)c1. The van der Waals surface area contributed by atoms with E-state index in [1.165, 1.54) is 0 Å². The Kier molecular flexibility index (Phi) is 4.50. The first-order chi connectivity index (χ1) is 13.1. The van der Waals surface area contributed by atoms with E-state index >= 15 is 0 Å². The number of nitrogens with two attached hydrogens (primary N) is 1. The molecule has 2 N–H and O–H groups in total. The Morgan fingerprint density at radius 3 is 2.41 bits per heavy atom. The zero-order valence-corrected chi connectivity index (χ0v) is 15.2. The Balaban J connectivity index is 1.51. The summed E-state index contributed by atoms with van der Waals surface area (Å²) >= 11 is 0. The first kappa shape index (κ1) is 17.1. The van der Waals surface area contributed by atoms with Crippen LogP contribution in [0.2, 0.25) is 0 Å². The lowest BCUT2D eigenvalue weighted by Gasteiger charge is -2.37. The zero-order valence-electron chi connectivity index (χ0n) is 15.2. The van der Waals surface area contributed by atoms with Crippen molar-refractivity contribution in [3.63, 3.8) is 0 Å². The van der Waals surface area contributed by atoms with Gasteiger partial charge in [0.25, 0.3) is 5.91 Å². The Labute approximate surface area is 158 Å². The highest BCUT2D eigenvalue weighted by atomic mass is 16.2. The van der Waals surface area contributed by atoms with E-state index in [0.717, 1.165) is 35.6 Å². The standard InChI is InChI=1S/C20H22N6O/c1-15-3-2-4-16(11-15)20(27)25-9-7-24(8-10-25)18-6-5-17(21)12-19(18)26-13-22-23-14-26/h2-6,11-14H,7-10,21H2,1H3. The van der Waals surface area contributed by atoms with Gasteiger partial charge in [0, 0.05) is 37.4 Å². The molecule has 7 heteroatoms. The predicted octanol–water partition coefficient (Wildman–Crippen LogP) is 2.12. The van der Waals surface area contributed by atoms with E-state index in [4.69, 9.17) is 5.73 Å². The molecular weight excluding hydrogens is 340 g/mol. The van der Waals surface area contributed by atoms with E-state index in [-0.39, 0.29) is 5.91 Å². The molecule has 2 heterocycles. The lowest BCUT2D eigenvalue weighted by molar-refractivity contribution is 0.0746. The molecule has 0 unspecified atom stereocenters. The molecule has 4 rings (SSSR count). The fraction of sp³-hybridized carbons (Fsp3) is 0.250. The van der Waals surface area contributed by atoms with Gasteiger partial charge >= 0.3 is 0 Å². The quantitative estimate of drug-likeness (QED) is 0.722. The monoisotopic (exact) mass is 362 g/mol. The van der Waals surface area contributed by atoms with Crippen molar-refractivity contribution < 1.29 is 4.79 Å². The van der Waals surface area contributed by atoms with Crippen molar-refractivity contribution in [3.05, 3.63) is 66.2 Å². The highest BCUT2D eigenvalue weighted by Crippen LogP contribution is 2.27. The van der Waals surface area contributed by atoms with Gasteiger partial charge in [0.15, 0.2) is 0 Å². The number of rotatable bonds is 3. The summed E-state index contributed by atoms with van der Waals surface area (Å²) in [6.45, 7) is 4.88. The topological polar surface area (TPSA) is 80.3 Å². The number of carbonyl (C=O) groups excluding carboxylic acids is 1. The maximum atomic E-state index is 12.8. The summed E-state index contributed by atoms with van der Waals surface area (Å²) in [5, 5.41) is 7.78. The third kappa shape index (κ3) is 3.48. The average Bonchev–Trinajstić information content (AvgIpc) is 3.22. The number of hydrogen-bond acceptors (Lipinski definition) is 5. The summed E-state index contributed by atoms with van der Waals surface area (Å²) in [4.78, 5) is 17.0. The summed E-state index contributed by atoms with van der Waals surface area (Å²) in [7, 11) is 0. The van der Waals surface area contributed by atoms with Gasteiger partial charge in [-0.05, 0) is 37.3 Å². The predicted molar refractivity (Wildman–Crippen MR) is 105 cm³/mol. The molecule has 0 spiro atoms. The van der Waals surface area contributed by atoms with E-state index in [2.05, 4.69) is 15.1 Å². The van der Waals surface area contributed by atoms with Crippen molar-refractivity contribution in [1.29, 1.82) is 0 Å². The molecule has 1 amide bonds. The van der Waals surface area contributed by atoms with Crippen LogP contribution in [0.4, 0.5) is 11.4 Å². The van der Waals surface area contributed by atoms with Crippen molar-refractivity contribution in [1.82, 2.24) is 19.7 Å². The summed E-state index contributed by atoms with van der Waals surface area (Å²) in [6, 6.07) is 13.6. The van der Waals surface area contributed by atoms with Crippen molar-refractivity contribution >= 4 is 17.3 Å². The molecule has 0 saturated carbocycles. The second-order valence-electron chi connectivity index (χ2n) is 6.77. The number of nitrogens with zero attached hydrogens (tertiary/aromatic N) is 5. The Morgan fingerprint density at radius 1 is 0.963 bits per heavy atom. The summed E-state index contributed by atoms with van der Waals surface area (Å²) in [5.74, 6) is 0.0923. The molecule has 0 atom stereocenters. The lowest BCUT2D eigenvalue weighted by atomic mass is 10.1. The van der Waals surface area contributed by atoms with Gasteiger partial charge in [-0.1, -0.05) is 17.7 Å². The van der Waals surface area contributed by atoms with Gasteiger partial charge in [0.1, 0.15) is 12.7 Å². The Morgan fingerprint density at radius 2 is 1.70 bits per heavy atom. The molecule has 1 saturated heterocycles. The Bertz CT molecular complexity index is 945. The van der Waals surface area contributed by atoms with E-state index in [9.17, 15) is 4.79 Å². The van der Waals surface area contributed by atoms with Crippen LogP contribution in [0.3, 0.4) is 0 Å². The first-order valence-corrected chi connectivity index (χ1v) is 8.97. The molecular formula is C20H22N6O. The molecule has 27 heavy (non-hydrogen) atoms.